The van der Waals surface area contributed by atoms with Crippen LogP contribution in [0, 0.1) is 19.8 Å². The summed E-state index contributed by atoms with van der Waals surface area (Å²) in [7, 11) is 0. The summed E-state index contributed by atoms with van der Waals surface area (Å²) < 4.78 is 0. The van der Waals surface area contributed by atoms with Gasteiger partial charge in [0.25, 0.3) is 0 Å². The number of benzene rings is 1. The lowest BCUT2D eigenvalue weighted by Gasteiger charge is -2.14. The Morgan fingerprint density at radius 1 is 1.16 bits per heavy atom. The molecule has 1 saturated heterocycles. The second-order valence-electron chi connectivity index (χ2n) is 6.94. The van der Waals surface area contributed by atoms with Crippen molar-refractivity contribution >= 4 is 29.9 Å². The zero-order chi connectivity index (χ0) is 17.4. The number of nitrogens with one attached hydrogen (secondary N) is 2. The molecule has 0 aliphatic carbocycles. The van der Waals surface area contributed by atoms with Crippen LogP contribution < -0.4 is 10.6 Å². The predicted octanol–water partition coefficient (Wildman–Crippen LogP) is 3.36. The van der Waals surface area contributed by atoms with Gasteiger partial charge < -0.3 is 15.5 Å². The summed E-state index contributed by atoms with van der Waals surface area (Å²) in [4.78, 5) is 7.31. The lowest BCUT2D eigenvalue weighted by Crippen LogP contribution is -2.38. The van der Waals surface area contributed by atoms with Gasteiger partial charge in [-0.2, -0.15) is 0 Å². The molecule has 25 heavy (non-hydrogen) atoms. The van der Waals surface area contributed by atoms with Crippen LogP contribution in [0.2, 0.25) is 0 Å². The average Bonchev–Trinajstić information content (AvgIpc) is 3.00. The molecule has 1 atom stereocenters. The quantitative estimate of drug-likeness (QED) is 0.374. The van der Waals surface area contributed by atoms with Gasteiger partial charge in [-0.15, -0.1) is 24.0 Å². The van der Waals surface area contributed by atoms with Crippen molar-refractivity contribution in [1.29, 1.82) is 0 Å². The molecule has 142 valence electrons. The van der Waals surface area contributed by atoms with Gasteiger partial charge in [0.05, 0.1) is 0 Å². The first kappa shape index (κ1) is 22.2. The minimum atomic E-state index is 0. The van der Waals surface area contributed by atoms with Crippen molar-refractivity contribution < 1.29 is 0 Å². The molecular formula is C20H35IN4. The van der Waals surface area contributed by atoms with E-state index in [1.54, 1.807) is 0 Å². The van der Waals surface area contributed by atoms with Crippen molar-refractivity contribution in [1.82, 2.24) is 15.5 Å². The molecule has 1 aromatic rings. The van der Waals surface area contributed by atoms with Crippen LogP contribution in [0.4, 0.5) is 0 Å². The van der Waals surface area contributed by atoms with Crippen molar-refractivity contribution in [3.8, 4) is 0 Å². The van der Waals surface area contributed by atoms with Gasteiger partial charge in [0.2, 0.25) is 0 Å². The predicted molar refractivity (Wildman–Crippen MR) is 119 cm³/mol. The Balaban J connectivity index is 0.00000312. The van der Waals surface area contributed by atoms with Gasteiger partial charge in [0.15, 0.2) is 5.96 Å². The van der Waals surface area contributed by atoms with E-state index in [1.165, 1.54) is 36.2 Å². The molecule has 0 bridgehead atoms. The average molecular weight is 458 g/mol. The van der Waals surface area contributed by atoms with Crippen molar-refractivity contribution in [2.45, 2.75) is 40.5 Å². The number of halogens is 1. The maximum atomic E-state index is 4.80. The highest BCUT2D eigenvalue weighted by atomic mass is 127. The summed E-state index contributed by atoms with van der Waals surface area (Å²) >= 11 is 0. The van der Waals surface area contributed by atoms with Crippen LogP contribution in [-0.4, -0.2) is 50.1 Å². The van der Waals surface area contributed by atoms with E-state index in [9.17, 15) is 0 Å². The lowest BCUT2D eigenvalue weighted by molar-refractivity contribution is 0.343. The third-order valence-corrected chi connectivity index (χ3v) is 4.66. The maximum absolute atomic E-state index is 4.80. The number of rotatable bonds is 7. The summed E-state index contributed by atoms with van der Waals surface area (Å²) in [6.07, 6.45) is 2.30. The highest BCUT2D eigenvalue weighted by Crippen LogP contribution is 2.15. The number of nitrogens with zero attached hydrogens (tertiary/aromatic N) is 2. The van der Waals surface area contributed by atoms with Gasteiger partial charge in [-0.3, -0.25) is 4.99 Å². The van der Waals surface area contributed by atoms with Crippen LogP contribution in [0.1, 0.15) is 37.0 Å². The first-order valence-corrected chi connectivity index (χ1v) is 9.42. The van der Waals surface area contributed by atoms with E-state index in [0.717, 1.165) is 38.6 Å². The zero-order valence-electron chi connectivity index (χ0n) is 16.3. The number of likely N-dealkylation sites (tertiary alicyclic amines) is 1. The largest absolute Gasteiger partial charge is 0.357 e. The minimum absolute atomic E-state index is 0. The third-order valence-electron chi connectivity index (χ3n) is 4.66. The molecule has 0 aromatic heterocycles. The number of hydrogen-bond donors (Lipinski definition) is 2. The first-order chi connectivity index (χ1) is 11.6. The van der Waals surface area contributed by atoms with E-state index in [1.807, 2.05) is 0 Å². The molecule has 1 unspecified atom stereocenters. The van der Waals surface area contributed by atoms with E-state index in [2.05, 4.69) is 61.4 Å². The zero-order valence-corrected chi connectivity index (χ0v) is 18.6. The molecule has 5 heteroatoms. The lowest BCUT2D eigenvalue weighted by atomic mass is 10.1. The number of hydrogen-bond acceptors (Lipinski definition) is 2. The SMILES string of the molecule is CCNC(=NCC1CCN(CC)C1)NCCc1cc(C)cc(C)c1.I. The molecular weight excluding hydrogens is 423 g/mol. The van der Waals surface area contributed by atoms with Crippen LogP contribution in [0.5, 0.6) is 0 Å². The van der Waals surface area contributed by atoms with E-state index in [4.69, 9.17) is 4.99 Å². The van der Waals surface area contributed by atoms with Crippen LogP contribution in [-0.2, 0) is 6.42 Å². The Bertz CT molecular complexity index is 524. The normalized spacial score (nSPS) is 18.1. The molecule has 0 saturated carbocycles. The van der Waals surface area contributed by atoms with Crippen molar-refractivity contribution in [3.05, 3.63) is 34.9 Å². The molecule has 4 nitrogen and oxygen atoms in total. The Labute approximate surface area is 170 Å². The second-order valence-corrected chi connectivity index (χ2v) is 6.94. The van der Waals surface area contributed by atoms with E-state index in [0.29, 0.717) is 5.92 Å². The summed E-state index contributed by atoms with van der Waals surface area (Å²) in [5.41, 5.74) is 4.07. The molecule has 0 spiro atoms. The molecule has 1 aliphatic rings. The summed E-state index contributed by atoms with van der Waals surface area (Å²) in [6, 6.07) is 6.77. The third kappa shape index (κ3) is 7.94. The van der Waals surface area contributed by atoms with Crippen molar-refractivity contribution in [2.24, 2.45) is 10.9 Å². The van der Waals surface area contributed by atoms with Gasteiger partial charge in [-0.25, -0.2) is 0 Å². The van der Waals surface area contributed by atoms with Crippen molar-refractivity contribution in [2.75, 3.05) is 39.3 Å². The summed E-state index contributed by atoms with van der Waals surface area (Å²) in [5.74, 6) is 1.66. The number of aliphatic imine (C=N–C) groups is 1. The van der Waals surface area contributed by atoms with Gasteiger partial charge >= 0.3 is 0 Å². The Kier molecular flexibility index (Phi) is 10.4. The molecule has 2 N–H and O–H groups in total. The molecule has 0 amide bonds. The summed E-state index contributed by atoms with van der Waals surface area (Å²) in [5, 5.41) is 6.85. The van der Waals surface area contributed by atoms with E-state index >= 15 is 0 Å². The smallest absolute Gasteiger partial charge is 0.191 e. The molecule has 1 aromatic carbocycles. The molecule has 1 aliphatic heterocycles. The molecule has 0 radical (unpaired) electrons. The van der Waals surface area contributed by atoms with Gasteiger partial charge in [0, 0.05) is 26.2 Å². The fraction of sp³-hybridized carbons (Fsp3) is 0.650. The standard InChI is InChI=1S/C20H34N4.HI/c1-5-21-20(23-14-19-8-10-24(6-2)15-19)22-9-7-18-12-16(3)11-17(4)13-18;/h11-13,19H,5-10,14-15H2,1-4H3,(H2,21,22,23);1H. The molecule has 1 fully saturated rings. The van der Waals surface area contributed by atoms with Gasteiger partial charge in [-0.05, 0) is 58.2 Å². The van der Waals surface area contributed by atoms with Crippen LogP contribution in [0.15, 0.2) is 23.2 Å². The maximum Gasteiger partial charge on any atom is 0.191 e. The summed E-state index contributed by atoms with van der Waals surface area (Å²) in [6.45, 7) is 15.0. The second kappa shape index (κ2) is 11.7. The molecule has 2 rings (SSSR count). The first-order valence-electron chi connectivity index (χ1n) is 9.42. The fourth-order valence-corrected chi connectivity index (χ4v) is 3.45. The van der Waals surface area contributed by atoms with Crippen molar-refractivity contribution in [3.63, 3.8) is 0 Å². The highest BCUT2D eigenvalue weighted by molar-refractivity contribution is 14.0. The van der Waals surface area contributed by atoms with Crippen LogP contribution >= 0.6 is 24.0 Å². The number of guanidine groups is 1. The van der Waals surface area contributed by atoms with E-state index < -0.39 is 0 Å². The minimum Gasteiger partial charge on any atom is -0.357 e. The fourth-order valence-electron chi connectivity index (χ4n) is 3.45. The van der Waals surface area contributed by atoms with Crippen LogP contribution in [0.3, 0.4) is 0 Å². The number of aryl methyl sites for hydroxylation is 2. The van der Waals surface area contributed by atoms with Gasteiger partial charge in [0.1, 0.15) is 0 Å². The molecule has 1 heterocycles. The Morgan fingerprint density at radius 3 is 2.48 bits per heavy atom. The monoisotopic (exact) mass is 458 g/mol. The van der Waals surface area contributed by atoms with Crippen LogP contribution in [0.25, 0.3) is 0 Å². The highest BCUT2D eigenvalue weighted by Gasteiger charge is 2.20. The Hall–Kier alpha value is -0.820. The Morgan fingerprint density at radius 2 is 1.88 bits per heavy atom. The topological polar surface area (TPSA) is 39.7 Å². The van der Waals surface area contributed by atoms with E-state index in [-0.39, 0.29) is 24.0 Å². The van der Waals surface area contributed by atoms with Gasteiger partial charge in [-0.1, -0.05) is 36.2 Å².